The van der Waals surface area contributed by atoms with Gasteiger partial charge in [0.1, 0.15) is 5.00 Å². The Morgan fingerprint density at radius 3 is 2.39 bits per heavy atom. The van der Waals surface area contributed by atoms with E-state index in [4.69, 9.17) is 4.74 Å². The Labute approximate surface area is 143 Å². The molecule has 130 valence electrons. The highest BCUT2D eigenvalue weighted by atomic mass is 32.1. The summed E-state index contributed by atoms with van der Waals surface area (Å²) in [6, 6.07) is 0. The molecule has 0 aromatic carbocycles. The molecule has 0 aliphatic heterocycles. The number of ether oxygens (including phenoxy) is 1. The Morgan fingerprint density at radius 1 is 1.22 bits per heavy atom. The monoisotopic (exact) mass is 339 g/mol. The van der Waals surface area contributed by atoms with Crippen LogP contribution in [0, 0.1) is 19.8 Å². The molecule has 0 radical (unpaired) electrons. The Morgan fingerprint density at radius 2 is 1.87 bits per heavy atom. The van der Waals surface area contributed by atoms with Crippen LogP contribution in [0.25, 0.3) is 0 Å². The number of rotatable bonds is 8. The van der Waals surface area contributed by atoms with E-state index in [-0.39, 0.29) is 23.9 Å². The second-order valence-corrected chi connectivity index (χ2v) is 7.40. The predicted octanol–water partition coefficient (Wildman–Crippen LogP) is 5.09. The van der Waals surface area contributed by atoms with Gasteiger partial charge in [0.25, 0.3) is 0 Å². The molecule has 1 rings (SSSR count). The number of nitrogens with one attached hydrogen (secondary N) is 1. The Balaban J connectivity index is 2.97. The topological polar surface area (TPSA) is 55.4 Å². The number of aryl methyl sites for hydroxylation is 1. The average Bonchev–Trinajstić information content (AvgIpc) is 2.73. The van der Waals surface area contributed by atoms with Crippen LogP contribution in [0.15, 0.2) is 0 Å². The molecule has 0 fully saturated rings. The van der Waals surface area contributed by atoms with Gasteiger partial charge in [-0.1, -0.05) is 26.7 Å². The minimum Gasteiger partial charge on any atom is -0.459 e. The molecule has 0 bridgehead atoms. The second-order valence-electron chi connectivity index (χ2n) is 6.18. The van der Waals surface area contributed by atoms with Crippen LogP contribution >= 0.6 is 11.3 Å². The lowest BCUT2D eigenvalue weighted by Gasteiger charge is -2.15. The SMILES string of the molecule is CCCCC(CC)C(=O)Nc1sc(C)c(C)c1C(=O)OC(C)C. The van der Waals surface area contributed by atoms with Crippen LogP contribution in [0.1, 0.15) is 74.2 Å². The van der Waals surface area contributed by atoms with E-state index in [1.807, 2.05) is 34.6 Å². The lowest BCUT2D eigenvalue weighted by Crippen LogP contribution is -2.23. The fourth-order valence-corrected chi connectivity index (χ4v) is 3.47. The molecule has 0 saturated carbocycles. The third-order valence-electron chi connectivity index (χ3n) is 3.94. The quantitative estimate of drug-likeness (QED) is 0.672. The standard InChI is InChI=1S/C18H29NO3S/c1-7-9-10-14(8-2)16(20)19-17-15(12(5)13(6)23-17)18(21)22-11(3)4/h11,14H,7-10H2,1-6H3,(H,19,20). The maximum atomic E-state index is 12.5. The van der Waals surface area contributed by atoms with Crippen LogP contribution in [0.2, 0.25) is 0 Å². The van der Waals surface area contributed by atoms with Crippen LogP contribution in [-0.4, -0.2) is 18.0 Å². The highest BCUT2D eigenvalue weighted by Gasteiger charge is 2.25. The van der Waals surface area contributed by atoms with Crippen molar-refractivity contribution in [2.45, 2.75) is 73.3 Å². The van der Waals surface area contributed by atoms with Gasteiger partial charge in [-0.05, 0) is 46.1 Å². The summed E-state index contributed by atoms with van der Waals surface area (Å²) in [6.45, 7) is 11.6. The highest BCUT2D eigenvalue weighted by Crippen LogP contribution is 2.34. The van der Waals surface area contributed by atoms with E-state index >= 15 is 0 Å². The lowest BCUT2D eigenvalue weighted by molar-refractivity contribution is -0.120. The number of hydrogen-bond donors (Lipinski definition) is 1. The molecule has 0 saturated heterocycles. The molecule has 0 aliphatic rings. The molecule has 1 unspecified atom stereocenters. The normalized spacial score (nSPS) is 12.3. The molecule has 1 heterocycles. The summed E-state index contributed by atoms with van der Waals surface area (Å²) in [5.74, 6) is -0.369. The van der Waals surface area contributed by atoms with E-state index in [0.717, 1.165) is 36.1 Å². The molecule has 0 spiro atoms. The van der Waals surface area contributed by atoms with Gasteiger partial charge >= 0.3 is 5.97 Å². The molecule has 5 heteroatoms. The van der Waals surface area contributed by atoms with Gasteiger partial charge in [-0.15, -0.1) is 11.3 Å². The lowest BCUT2D eigenvalue weighted by atomic mass is 9.98. The number of thiophene rings is 1. The van der Waals surface area contributed by atoms with Crippen molar-refractivity contribution in [1.29, 1.82) is 0 Å². The van der Waals surface area contributed by atoms with E-state index in [1.165, 1.54) is 11.3 Å². The zero-order valence-corrected chi connectivity index (χ0v) is 15.9. The molecular weight excluding hydrogens is 310 g/mol. The number of unbranched alkanes of at least 4 members (excludes halogenated alkanes) is 1. The number of carbonyl (C=O) groups is 2. The minimum absolute atomic E-state index is 0.000738. The fraction of sp³-hybridized carbons (Fsp3) is 0.667. The first kappa shape index (κ1) is 19.7. The number of carbonyl (C=O) groups excluding carboxylic acids is 2. The number of anilines is 1. The van der Waals surface area contributed by atoms with Crippen molar-refractivity contribution in [3.05, 3.63) is 16.0 Å². The molecule has 1 aromatic rings. The maximum Gasteiger partial charge on any atom is 0.341 e. The Kier molecular flexibility index (Phi) is 7.76. The van der Waals surface area contributed by atoms with Crippen LogP contribution in [0.4, 0.5) is 5.00 Å². The summed E-state index contributed by atoms with van der Waals surface area (Å²) in [6.07, 6.45) is 3.62. The second kappa shape index (κ2) is 9.06. The number of hydrogen-bond acceptors (Lipinski definition) is 4. The van der Waals surface area contributed by atoms with Crippen molar-refractivity contribution in [3.63, 3.8) is 0 Å². The summed E-state index contributed by atoms with van der Waals surface area (Å²) >= 11 is 1.44. The molecule has 1 amide bonds. The number of esters is 1. The molecule has 1 atom stereocenters. The van der Waals surface area contributed by atoms with Gasteiger partial charge in [-0.2, -0.15) is 0 Å². The van der Waals surface area contributed by atoms with Crippen molar-refractivity contribution in [3.8, 4) is 0 Å². The molecule has 1 aromatic heterocycles. The molecule has 0 aliphatic carbocycles. The van der Waals surface area contributed by atoms with E-state index < -0.39 is 0 Å². The van der Waals surface area contributed by atoms with Crippen LogP contribution < -0.4 is 5.32 Å². The molecule has 4 nitrogen and oxygen atoms in total. The third-order valence-corrected chi connectivity index (χ3v) is 5.06. The summed E-state index contributed by atoms with van der Waals surface area (Å²) in [5, 5.41) is 3.58. The summed E-state index contributed by atoms with van der Waals surface area (Å²) < 4.78 is 5.32. The van der Waals surface area contributed by atoms with E-state index in [2.05, 4.69) is 12.2 Å². The van der Waals surface area contributed by atoms with Crippen molar-refractivity contribution in [1.82, 2.24) is 0 Å². The van der Waals surface area contributed by atoms with Crippen LogP contribution in [0.3, 0.4) is 0 Å². The van der Waals surface area contributed by atoms with Gasteiger partial charge in [0.15, 0.2) is 0 Å². The molecular formula is C18H29NO3S. The van der Waals surface area contributed by atoms with Crippen molar-refractivity contribution in [2.75, 3.05) is 5.32 Å². The van der Waals surface area contributed by atoms with Gasteiger partial charge in [0.2, 0.25) is 5.91 Å². The summed E-state index contributed by atoms with van der Waals surface area (Å²) in [4.78, 5) is 25.9. The zero-order valence-electron chi connectivity index (χ0n) is 15.1. The average molecular weight is 340 g/mol. The van der Waals surface area contributed by atoms with E-state index in [1.54, 1.807) is 0 Å². The first-order chi connectivity index (χ1) is 10.8. The van der Waals surface area contributed by atoms with E-state index in [0.29, 0.717) is 10.6 Å². The zero-order chi connectivity index (χ0) is 17.6. The van der Waals surface area contributed by atoms with Crippen molar-refractivity contribution in [2.24, 2.45) is 5.92 Å². The maximum absolute atomic E-state index is 12.5. The van der Waals surface area contributed by atoms with Crippen molar-refractivity contribution >= 4 is 28.2 Å². The summed E-state index contributed by atoms with van der Waals surface area (Å²) in [5.41, 5.74) is 1.39. The summed E-state index contributed by atoms with van der Waals surface area (Å²) in [7, 11) is 0. The van der Waals surface area contributed by atoms with E-state index in [9.17, 15) is 9.59 Å². The predicted molar refractivity (Wildman–Crippen MR) is 96.3 cm³/mol. The largest absolute Gasteiger partial charge is 0.459 e. The van der Waals surface area contributed by atoms with Gasteiger partial charge in [-0.3, -0.25) is 4.79 Å². The number of amides is 1. The van der Waals surface area contributed by atoms with Crippen LogP contribution in [-0.2, 0) is 9.53 Å². The third kappa shape index (κ3) is 5.34. The van der Waals surface area contributed by atoms with Crippen molar-refractivity contribution < 1.29 is 14.3 Å². The van der Waals surface area contributed by atoms with Gasteiger partial charge in [-0.25, -0.2) is 4.79 Å². The van der Waals surface area contributed by atoms with Gasteiger partial charge < -0.3 is 10.1 Å². The molecule has 23 heavy (non-hydrogen) atoms. The Bertz CT molecular complexity index is 549. The first-order valence-electron chi connectivity index (χ1n) is 8.43. The first-order valence-corrected chi connectivity index (χ1v) is 9.25. The van der Waals surface area contributed by atoms with Crippen LogP contribution in [0.5, 0.6) is 0 Å². The smallest absolute Gasteiger partial charge is 0.341 e. The molecule has 1 N–H and O–H groups in total. The highest BCUT2D eigenvalue weighted by molar-refractivity contribution is 7.16. The van der Waals surface area contributed by atoms with Gasteiger partial charge in [0.05, 0.1) is 11.7 Å². The van der Waals surface area contributed by atoms with Gasteiger partial charge in [0, 0.05) is 10.8 Å². The Hall–Kier alpha value is -1.36. The fourth-order valence-electron chi connectivity index (χ4n) is 2.42. The minimum atomic E-state index is -0.362.